The lowest BCUT2D eigenvalue weighted by atomic mass is 9.76. The number of hydrogen-bond donors (Lipinski definition) is 1. The fourth-order valence-electron chi connectivity index (χ4n) is 6.02. The molecule has 0 aromatic heterocycles. The quantitative estimate of drug-likeness (QED) is 0.121. The highest BCUT2D eigenvalue weighted by Crippen LogP contribution is 2.41. The second-order valence-corrected chi connectivity index (χ2v) is 13.0. The number of benzene rings is 1. The van der Waals surface area contributed by atoms with Crippen molar-refractivity contribution in [3.63, 3.8) is 0 Å². The van der Waals surface area contributed by atoms with Crippen LogP contribution in [-0.2, 0) is 4.79 Å². The summed E-state index contributed by atoms with van der Waals surface area (Å²) in [5.74, 6) is 0.0758. The van der Waals surface area contributed by atoms with Crippen molar-refractivity contribution >= 4 is 11.5 Å². The monoisotopic (exact) mass is 711 g/mol. The normalized spacial score (nSPS) is 15.0. The number of carbonyl (C=O) groups excluding carboxylic acids is 1. The number of halogens is 3. The molecule has 288 valence electrons. The Morgan fingerprint density at radius 1 is 1.08 bits per heavy atom. The van der Waals surface area contributed by atoms with Crippen LogP contribution in [0, 0.1) is 23.7 Å². The molecular weight excluding hydrogens is 641 g/mol. The molecule has 1 heterocycles. The van der Waals surface area contributed by atoms with Crippen molar-refractivity contribution in [1.29, 1.82) is 0 Å². The molecule has 1 aromatic carbocycles. The number of Topliss-reactive ketones (excluding diaryl/α,β-unsaturated/α-hetero) is 1. The first-order valence-electron chi connectivity index (χ1n) is 18.3. The SMILES string of the molecule is C=C(F)C(=O)C(C)CC.CCC.C\C=C/C(=C(\C(=C\C)N(C)c1ccc(OC(C)(F)F)cc1)C(CCC)C(CC)CC)N1CC(CCO)C1.O. The zero-order valence-electron chi connectivity index (χ0n) is 32.9. The van der Waals surface area contributed by atoms with E-state index in [1.165, 1.54) is 17.7 Å². The Labute approximate surface area is 302 Å². The molecule has 50 heavy (non-hydrogen) atoms. The number of allylic oxidation sites excluding steroid dienone is 5. The van der Waals surface area contributed by atoms with E-state index in [-0.39, 0.29) is 23.8 Å². The number of alkyl halides is 2. The molecule has 2 unspecified atom stereocenters. The third-order valence-electron chi connectivity index (χ3n) is 8.78. The number of likely N-dealkylation sites (tertiary alicyclic amines) is 1. The molecule has 1 aliphatic heterocycles. The summed E-state index contributed by atoms with van der Waals surface area (Å²) in [6, 6.07) is 6.88. The molecule has 2 atom stereocenters. The van der Waals surface area contributed by atoms with Crippen LogP contribution in [0.25, 0.3) is 0 Å². The molecule has 1 aromatic rings. The highest BCUT2D eigenvalue weighted by Gasteiger charge is 2.34. The summed E-state index contributed by atoms with van der Waals surface area (Å²) >= 11 is 0. The first-order chi connectivity index (χ1) is 23.1. The van der Waals surface area contributed by atoms with Gasteiger partial charge in [0.1, 0.15) is 5.75 Å². The number of rotatable bonds is 18. The predicted molar refractivity (Wildman–Crippen MR) is 205 cm³/mol. The summed E-state index contributed by atoms with van der Waals surface area (Å²) in [5, 5.41) is 9.43. The summed E-state index contributed by atoms with van der Waals surface area (Å²) < 4.78 is 43.4. The van der Waals surface area contributed by atoms with Crippen LogP contribution >= 0.6 is 0 Å². The van der Waals surface area contributed by atoms with Crippen LogP contribution in [0.3, 0.4) is 0 Å². The van der Waals surface area contributed by atoms with Crippen molar-refractivity contribution in [3.05, 3.63) is 71.9 Å². The highest BCUT2D eigenvalue weighted by molar-refractivity contribution is 5.94. The van der Waals surface area contributed by atoms with Crippen molar-refractivity contribution in [3.8, 4) is 5.75 Å². The molecule has 1 aliphatic rings. The van der Waals surface area contributed by atoms with Gasteiger partial charge in [-0.25, -0.2) is 4.39 Å². The van der Waals surface area contributed by atoms with E-state index in [1.807, 2.05) is 26.1 Å². The van der Waals surface area contributed by atoms with Crippen molar-refractivity contribution in [1.82, 2.24) is 4.90 Å². The summed E-state index contributed by atoms with van der Waals surface area (Å²) in [7, 11) is 2.05. The van der Waals surface area contributed by atoms with Gasteiger partial charge in [-0.05, 0) is 81.2 Å². The molecule has 2 rings (SSSR count). The maximum Gasteiger partial charge on any atom is 0.394 e. The minimum Gasteiger partial charge on any atom is -0.433 e. The largest absolute Gasteiger partial charge is 0.433 e. The van der Waals surface area contributed by atoms with Crippen molar-refractivity contribution in [2.24, 2.45) is 23.7 Å². The van der Waals surface area contributed by atoms with Crippen molar-refractivity contribution < 1.29 is 33.3 Å². The van der Waals surface area contributed by atoms with E-state index in [4.69, 9.17) is 4.74 Å². The molecule has 0 radical (unpaired) electrons. The van der Waals surface area contributed by atoms with Crippen LogP contribution in [0.5, 0.6) is 5.75 Å². The molecule has 0 bridgehead atoms. The fraction of sp³-hybridized carbons (Fsp3) is 0.634. The van der Waals surface area contributed by atoms with E-state index < -0.39 is 17.7 Å². The van der Waals surface area contributed by atoms with E-state index in [0.29, 0.717) is 24.2 Å². The Morgan fingerprint density at radius 3 is 1.98 bits per heavy atom. The predicted octanol–water partition coefficient (Wildman–Crippen LogP) is 10.7. The second kappa shape index (κ2) is 25.8. The van der Waals surface area contributed by atoms with Gasteiger partial charge in [-0.2, -0.15) is 8.78 Å². The zero-order chi connectivity index (χ0) is 37.7. The minimum absolute atomic E-state index is 0. The van der Waals surface area contributed by atoms with E-state index in [0.717, 1.165) is 63.5 Å². The summed E-state index contributed by atoms with van der Waals surface area (Å²) in [6.07, 6.45) is 10.5. The van der Waals surface area contributed by atoms with Gasteiger partial charge >= 0.3 is 6.11 Å². The molecule has 0 spiro atoms. The smallest absolute Gasteiger partial charge is 0.394 e. The van der Waals surface area contributed by atoms with E-state index in [9.17, 15) is 23.1 Å². The summed E-state index contributed by atoms with van der Waals surface area (Å²) in [5.41, 5.74) is 4.66. The number of hydrogen-bond acceptors (Lipinski definition) is 5. The van der Waals surface area contributed by atoms with Crippen molar-refractivity contribution in [2.45, 2.75) is 120 Å². The van der Waals surface area contributed by atoms with Gasteiger partial charge in [0.05, 0.1) is 0 Å². The Bertz CT molecular complexity index is 1180. The molecule has 0 aliphatic carbocycles. The number of carbonyl (C=O) groups is 1. The first-order valence-corrected chi connectivity index (χ1v) is 18.3. The Kier molecular flexibility index (Phi) is 25.4. The topological polar surface area (TPSA) is 84.5 Å². The number of anilines is 1. The van der Waals surface area contributed by atoms with Gasteiger partial charge in [-0.15, -0.1) is 0 Å². The molecule has 3 N–H and O–H groups in total. The van der Waals surface area contributed by atoms with Crippen LogP contribution < -0.4 is 9.64 Å². The number of ether oxygens (including phenoxy) is 1. The molecular formula is C41H69F3N2O4. The maximum absolute atomic E-state index is 13.3. The number of ketones is 1. The van der Waals surface area contributed by atoms with Gasteiger partial charge < -0.3 is 25.1 Å². The van der Waals surface area contributed by atoms with Gasteiger partial charge in [0.2, 0.25) is 0 Å². The molecule has 0 amide bonds. The maximum atomic E-state index is 13.3. The van der Waals surface area contributed by atoms with Crippen molar-refractivity contribution in [2.75, 3.05) is 31.6 Å². The first kappa shape index (κ1) is 49.1. The molecule has 0 saturated carbocycles. The molecule has 1 saturated heterocycles. The van der Waals surface area contributed by atoms with Gasteiger partial charge in [0.25, 0.3) is 0 Å². The van der Waals surface area contributed by atoms with Crippen LogP contribution in [0.4, 0.5) is 18.9 Å². The number of aliphatic hydroxyl groups excluding tert-OH is 1. The van der Waals surface area contributed by atoms with Gasteiger partial charge in [0, 0.05) is 62.2 Å². The van der Waals surface area contributed by atoms with Gasteiger partial charge in [0.15, 0.2) is 11.6 Å². The highest BCUT2D eigenvalue weighted by atomic mass is 19.3. The lowest BCUT2D eigenvalue weighted by molar-refractivity contribution is -0.158. The van der Waals surface area contributed by atoms with Gasteiger partial charge in [-0.3, -0.25) is 4.79 Å². The number of nitrogens with zero attached hydrogens (tertiary/aromatic N) is 2. The Morgan fingerprint density at radius 2 is 1.62 bits per heavy atom. The number of aliphatic hydroxyl groups is 1. The van der Waals surface area contributed by atoms with Crippen LogP contribution in [0.2, 0.25) is 0 Å². The third-order valence-corrected chi connectivity index (χ3v) is 8.78. The Balaban J connectivity index is 0. The number of likely N-dealkylation sites (N-methyl/N-ethyl adjacent to an activating group) is 1. The lowest BCUT2D eigenvalue weighted by Gasteiger charge is -2.45. The zero-order valence-corrected chi connectivity index (χ0v) is 32.9. The lowest BCUT2D eigenvalue weighted by Crippen LogP contribution is -2.47. The van der Waals surface area contributed by atoms with E-state index in [1.54, 1.807) is 19.1 Å². The summed E-state index contributed by atoms with van der Waals surface area (Å²) in [4.78, 5) is 15.2. The average Bonchev–Trinajstić information content (AvgIpc) is 3.04. The summed E-state index contributed by atoms with van der Waals surface area (Å²) in [6.45, 7) is 24.5. The van der Waals surface area contributed by atoms with E-state index in [2.05, 4.69) is 83.1 Å². The molecule has 1 fully saturated rings. The van der Waals surface area contributed by atoms with Gasteiger partial charge in [-0.1, -0.05) is 92.9 Å². The van der Waals surface area contributed by atoms with E-state index >= 15 is 0 Å². The minimum atomic E-state index is -3.22. The fourth-order valence-corrected chi connectivity index (χ4v) is 6.02. The van der Waals surface area contributed by atoms with Crippen LogP contribution in [-0.4, -0.2) is 54.1 Å². The molecule has 9 heteroatoms. The van der Waals surface area contributed by atoms with Crippen LogP contribution in [0.15, 0.2) is 71.9 Å². The van der Waals surface area contributed by atoms with Crippen LogP contribution in [0.1, 0.15) is 114 Å². The standard InChI is InChI=1S/C31H48F2N2O2.C7H11FO.C3H8.H2O/c1-8-13-27(24(10-3)11-4)30(29(14-9-2)35-21-23(22-35)19-20-36)28(12-5)34(7)25-15-17-26(18-16-25)37-31(6,32)33;1-4-5(2)7(9)6(3)8;1-3-2;/h9,12,14-18,23-24,27,36H,8,10-11,13,19-22H2,1-7H3;5H,3-4H2,1-2H3;3H2,1-2H3;1H2/b14-9-,28-12-,30-29+;;;. The second-order valence-electron chi connectivity index (χ2n) is 13.0. The average molecular weight is 711 g/mol. The molecule has 6 nitrogen and oxygen atoms in total. The Hall–Kier alpha value is -3.04. The third kappa shape index (κ3) is 16.3.